The molecule has 2 rings (SSSR count). The second kappa shape index (κ2) is 15.0. The van der Waals surface area contributed by atoms with Gasteiger partial charge in [0.2, 0.25) is 5.88 Å². The first-order valence-electron chi connectivity index (χ1n) is 12.9. The van der Waals surface area contributed by atoms with E-state index in [1.54, 1.807) is 14.2 Å². The molecule has 190 valence electrons. The van der Waals surface area contributed by atoms with E-state index < -0.39 is 0 Å². The molecule has 0 aliphatic carbocycles. The van der Waals surface area contributed by atoms with Crippen LogP contribution in [0.2, 0.25) is 0 Å². The van der Waals surface area contributed by atoms with Gasteiger partial charge in [0.25, 0.3) is 0 Å². The van der Waals surface area contributed by atoms with E-state index >= 15 is 0 Å². The molecule has 0 spiro atoms. The maximum Gasteiger partial charge on any atom is 0.229 e. The molecule has 0 radical (unpaired) electrons. The average Bonchev–Trinajstić information content (AvgIpc) is 3.31. The number of hydrogen-bond acceptors (Lipinski definition) is 5. The molecular formula is C28H44N2O3S. The van der Waals surface area contributed by atoms with Crippen LogP contribution in [0.15, 0.2) is 28.8 Å². The highest BCUT2D eigenvalue weighted by atomic mass is 32.1. The largest absolute Gasteiger partial charge is 0.496 e. The van der Waals surface area contributed by atoms with Gasteiger partial charge in [0.15, 0.2) is 0 Å². The Balaban J connectivity index is 1.77. The summed E-state index contributed by atoms with van der Waals surface area (Å²) in [6.07, 6.45) is 16.0. The molecule has 6 heteroatoms. The maximum atomic E-state index is 5.61. The molecule has 0 aliphatic rings. The van der Waals surface area contributed by atoms with Crippen molar-refractivity contribution >= 4 is 23.1 Å². The van der Waals surface area contributed by atoms with Crippen molar-refractivity contribution in [2.45, 2.75) is 103 Å². The minimum atomic E-state index is -0.0492. The van der Waals surface area contributed by atoms with Crippen LogP contribution in [-0.4, -0.2) is 24.4 Å². The Bertz CT molecular complexity index is 841. The molecule has 0 saturated carbocycles. The lowest BCUT2D eigenvalue weighted by molar-refractivity contribution is 0.375. The number of aromatic nitrogens is 1. The third-order valence-corrected chi connectivity index (χ3v) is 6.81. The van der Waals surface area contributed by atoms with Crippen LogP contribution in [-0.2, 0) is 5.41 Å². The van der Waals surface area contributed by atoms with Gasteiger partial charge in [-0.3, -0.25) is 0 Å². The Morgan fingerprint density at radius 3 is 1.97 bits per heavy atom. The van der Waals surface area contributed by atoms with Crippen LogP contribution in [0.3, 0.4) is 0 Å². The van der Waals surface area contributed by atoms with E-state index in [2.05, 4.69) is 31.2 Å². The zero-order valence-corrected chi connectivity index (χ0v) is 22.7. The fraction of sp³-hybridized carbons (Fsp3) is 0.643. The fourth-order valence-corrected chi connectivity index (χ4v) is 4.56. The van der Waals surface area contributed by atoms with Gasteiger partial charge >= 0.3 is 0 Å². The highest BCUT2D eigenvalue weighted by molar-refractivity contribution is 7.81. The molecule has 5 nitrogen and oxygen atoms in total. The molecule has 0 saturated heterocycles. The first-order chi connectivity index (χ1) is 16.4. The van der Waals surface area contributed by atoms with E-state index in [-0.39, 0.29) is 5.41 Å². The minimum absolute atomic E-state index is 0.0492. The summed E-state index contributed by atoms with van der Waals surface area (Å²) in [5, 5.41) is 7.48. The molecule has 0 fully saturated rings. The summed E-state index contributed by atoms with van der Waals surface area (Å²) in [6, 6.07) is 7.53. The summed E-state index contributed by atoms with van der Waals surface area (Å²) in [5.74, 6) is 1.82. The predicted octanol–water partition coefficient (Wildman–Crippen LogP) is 8.46. The van der Waals surface area contributed by atoms with Gasteiger partial charge in [-0.15, -0.1) is 0 Å². The number of hydrogen-bond donors (Lipinski definition) is 1. The summed E-state index contributed by atoms with van der Waals surface area (Å²) in [7, 11) is 3.23. The van der Waals surface area contributed by atoms with Crippen molar-refractivity contribution < 1.29 is 14.0 Å². The quantitative estimate of drug-likeness (QED) is 0.178. The van der Waals surface area contributed by atoms with Crippen molar-refractivity contribution in [3.63, 3.8) is 0 Å². The molecule has 0 aliphatic heterocycles. The number of nitrogens with zero attached hydrogens (tertiary/aromatic N) is 1. The first-order valence-corrected chi connectivity index (χ1v) is 13.3. The van der Waals surface area contributed by atoms with Crippen molar-refractivity contribution in [3.05, 3.63) is 35.5 Å². The first kappa shape index (κ1) is 28.2. The monoisotopic (exact) mass is 488 g/mol. The lowest BCUT2D eigenvalue weighted by Gasteiger charge is -2.21. The maximum absolute atomic E-state index is 5.61. The van der Waals surface area contributed by atoms with Crippen molar-refractivity contribution in [2.24, 2.45) is 0 Å². The number of thiocarbonyl (C=S) groups is 1. The number of ether oxygens (including phenoxy) is 2. The molecular weight excluding hydrogens is 444 g/mol. The zero-order valence-electron chi connectivity index (χ0n) is 21.9. The summed E-state index contributed by atoms with van der Waals surface area (Å²) >= 11 is 5.61. The molecule has 1 aromatic heterocycles. The summed E-state index contributed by atoms with van der Waals surface area (Å²) in [6.45, 7) is 6.73. The van der Waals surface area contributed by atoms with E-state index in [1.165, 1.54) is 70.6 Å². The molecule has 0 unspecified atom stereocenters. The van der Waals surface area contributed by atoms with Crippen LogP contribution in [0.4, 0.5) is 5.88 Å². The summed E-state index contributed by atoms with van der Waals surface area (Å²) in [5.41, 5.74) is 1.59. The van der Waals surface area contributed by atoms with Gasteiger partial charge in [-0.25, -0.2) is 0 Å². The molecule has 2 aromatic rings. The van der Waals surface area contributed by atoms with E-state index in [0.29, 0.717) is 27.9 Å². The molecule has 0 amide bonds. The van der Waals surface area contributed by atoms with E-state index in [9.17, 15) is 0 Å². The third-order valence-electron chi connectivity index (χ3n) is 6.50. The van der Waals surface area contributed by atoms with Gasteiger partial charge < -0.3 is 19.3 Å². The van der Waals surface area contributed by atoms with Crippen molar-refractivity contribution in [3.8, 4) is 11.5 Å². The standard InChI is InChI=1S/C28H44N2O3S/c1-6-7-8-9-10-11-12-13-14-15-16-20-28(2,3)24-21-25(33-30-24)29-27(34)26-22(31-4)18-17-19-23(26)32-5/h17-19,21H,6-16,20H2,1-5H3,(H,29,34). The smallest absolute Gasteiger partial charge is 0.229 e. The second-order valence-corrected chi connectivity index (χ2v) is 10.1. The molecule has 0 bridgehead atoms. The Morgan fingerprint density at radius 1 is 0.912 bits per heavy atom. The van der Waals surface area contributed by atoms with Crippen molar-refractivity contribution in [1.29, 1.82) is 0 Å². The Kier molecular flexibility index (Phi) is 12.4. The van der Waals surface area contributed by atoms with Crippen LogP contribution in [0, 0.1) is 0 Å². The van der Waals surface area contributed by atoms with E-state index in [0.717, 1.165) is 12.1 Å². The van der Waals surface area contributed by atoms with Gasteiger partial charge in [0.05, 0.1) is 25.5 Å². The number of unbranched alkanes of at least 4 members (excludes halogenated alkanes) is 10. The molecule has 34 heavy (non-hydrogen) atoms. The molecule has 1 aromatic carbocycles. The van der Waals surface area contributed by atoms with E-state index in [1.807, 2.05) is 24.3 Å². The van der Waals surface area contributed by atoms with Crippen LogP contribution in [0.5, 0.6) is 11.5 Å². The molecule has 1 heterocycles. The van der Waals surface area contributed by atoms with Gasteiger partial charge in [0.1, 0.15) is 16.5 Å². The minimum Gasteiger partial charge on any atom is -0.496 e. The van der Waals surface area contributed by atoms with Crippen molar-refractivity contribution in [2.75, 3.05) is 19.5 Å². The van der Waals surface area contributed by atoms with Crippen LogP contribution in [0.1, 0.15) is 109 Å². The highest BCUT2D eigenvalue weighted by Gasteiger charge is 2.25. The van der Waals surface area contributed by atoms with Gasteiger partial charge in [-0.2, -0.15) is 0 Å². The van der Waals surface area contributed by atoms with E-state index in [4.69, 9.17) is 26.2 Å². The fourth-order valence-electron chi connectivity index (χ4n) is 4.26. The van der Waals surface area contributed by atoms with Gasteiger partial charge in [-0.05, 0) is 18.6 Å². The van der Waals surface area contributed by atoms with Gasteiger partial charge in [-0.1, -0.05) is 115 Å². The lowest BCUT2D eigenvalue weighted by atomic mass is 9.83. The Labute approximate surface area is 212 Å². The van der Waals surface area contributed by atoms with Gasteiger partial charge in [0, 0.05) is 11.5 Å². The van der Waals surface area contributed by atoms with Crippen LogP contribution in [0.25, 0.3) is 0 Å². The third kappa shape index (κ3) is 8.94. The van der Waals surface area contributed by atoms with Crippen LogP contribution < -0.4 is 14.8 Å². The number of anilines is 1. The second-order valence-electron chi connectivity index (χ2n) is 9.74. The topological polar surface area (TPSA) is 56.5 Å². The number of nitrogens with one attached hydrogen (secondary N) is 1. The highest BCUT2D eigenvalue weighted by Crippen LogP contribution is 2.32. The predicted molar refractivity (Wildman–Crippen MR) is 145 cm³/mol. The molecule has 1 N–H and O–H groups in total. The zero-order chi connectivity index (χ0) is 24.8. The van der Waals surface area contributed by atoms with Crippen molar-refractivity contribution in [1.82, 2.24) is 5.16 Å². The lowest BCUT2D eigenvalue weighted by Crippen LogP contribution is -2.17. The number of methoxy groups -OCH3 is 2. The summed E-state index contributed by atoms with van der Waals surface area (Å²) < 4.78 is 16.5. The van der Waals surface area contributed by atoms with Crippen LogP contribution >= 0.6 is 12.2 Å². The Morgan fingerprint density at radius 2 is 1.44 bits per heavy atom. The normalized spacial score (nSPS) is 11.4. The summed E-state index contributed by atoms with van der Waals surface area (Å²) in [4.78, 5) is 0.472. The SMILES string of the molecule is CCCCCCCCCCCCCC(C)(C)c1cc(NC(=S)c2c(OC)cccc2OC)on1. The Hall–Kier alpha value is -2.08. The number of rotatable bonds is 17. The number of benzene rings is 1. The molecule has 0 atom stereocenters. The average molecular weight is 489 g/mol.